The van der Waals surface area contributed by atoms with E-state index < -0.39 is 0 Å². The first kappa shape index (κ1) is 23.2. The lowest BCUT2D eigenvalue weighted by molar-refractivity contribution is 0.191. The Balaban J connectivity index is 1.65. The molecule has 0 amide bonds. The molecule has 0 radical (unpaired) electrons. The van der Waals surface area contributed by atoms with E-state index in [4.69, 9.17) is 0 Å². The van der Waals surface area contributed by atoms with E-state index in [0.29, 0.717) is 0 Å². The van der Waals surface area contributed by atoms with Crippen LogP contribution >= 0.6 is 0 Å². The van der Waals surface area contributed by atoms with Gasteiger partial charge in [0.2, 0.25) is 0 Å². The number of aromatic nitrogens is 4. The van der Waals surface area contributed by atoms with Crippen molar-refractivity contribution < 1.29 is 0 Å². The fraction of sp³-hybridized carbons (Fsp3) is 0.500. The molecule has 7 heteroatoms. The summed E-state index contributed by atoms with van der Waals surface area (Å²) in [6.45, 7) is 14.7. The van der Waals surface area contributed by atoms with E-state index >= 15 is 0 Å². The highest BCUT2D eigenvalue weighted by atomic mass is 15.6. The summed E-state index contributed by atoms with van der Waals surface area (Å²) in [6.07, 6.45) is 0. The third-order valence-electron chi connectivity index (χ3n) is 6.48. The molecule has 0 saturated carbocycles. The van der Waals surface area contributed by atoms with E-state index in [1.165, 1.54) is 28.1 Å². The predicted octanol–water partition coefficient (Wildman–Crippen LogP) is 4.02. The highest BCUT2D eigenvalue weighted by Crippen LogP contribution is 2.32. The van der Waals surface area contributed by atoms with Gasteiger partial charge in [-0.3, -0.25) is 4.90 Å². The summed E-state index contributed by atoms with van der Waals surface area (Å²) in [5.74, 6) is 0.903. The van der Waals surface area contributed by atoms with E-state index in [1.807, 2.05) is 4.68 Å². The van der Waals surface area contributed by atoms with Crippen LogP contribution in [0.2, 0.25) is 0 Å². The van der Waals surface area contributed by atoms with Crippen LogP contribution in [0.5, 0.6) is 0 Å². The lowest BCUT2D eigenvalue weighted by Crippen LogP contribution is -2.49. The monoisotopic (exact) mass is 447 g/mol. The molecule has 1 aliphatic heterocycles. The van der Waals surface area contributed by atoms with Crippen molar-refractivity contribution in [2.45, 2.75) is 46.2 Å². The smallest absolute Gasteiger partial charge is 0.173 e. The molecule has 33 heavy (non-hydrogen) atoms. The quantitative estimate of drug-likeness (QED) is 0.589. The van der Waals surface area contributed by atoms with Crippen LogP contribution in [0.1, 0.15) is 49.3 Å². The summed E-state index contributed by atoms with van der Waals surface area (Å²) in [6, 6.07) is 15.5. The van der Waals surface area contributed by atoms with Crippen LogP contribution in [0.25, 0.3) is 0 Å². The molecule has 2 heterocycles. The number of aryl methyl sites for hydroxylation is 2. The number of tetrazole rings is 1. The molecule has 1 fully saturated rings. The van der Waals surface area contributed by atoms with Crippen LogP contribution in [0.3, 0.4) is 0 Å². The first-order chi connectivity index (χ1) is 15.6. The SMILES string of the molecule is Cc1ccc(C)c(N2CCN(C(c3ccc(N(C)C)cc3)c3nnnn3C(C)(C)C)CC2)c1. The first-order valence-electron chi connectivity index (χ1n) is 11.8. The molecule has 0 N–H and O–H groups in total. The van der Waals surface area contributed by atoms with Crippen LogP contribution in [-0.2, 0) is 5.54 Å². The van der Waals surface area contributed by atoms with Crippen molar-refractivity contribution in [3.8, 4) is 0 Å². The average Bonchev–Trinajstić information content (AvgIpc) is 3.27. The lowest BCUT2D eigenvalue weighted by atomic mass is 10.0. The first-order valence-corrected chi connectivity index (χ1v) is 11.8. The van der Waals surface area contributed by atoms with Crippen molar-refractivity contribution in [3.05, 3.63) is 65.0 Å². The van der Waals surface area contributed by atoms with Crippen LogP contribution < -0.4 is 9.80 Å². The highest BCUT2D eigenvalue weighted by Gasteiger charge is 2.33. The van der Waals surface area contributed by atoms with Gasteiger partial charge in [0.1, 0.15) is 0 Å². The van der Waals surface area contributed by atoms with Crippen molar-refractivity contribution >= 4 is 11.4 Å². The standard InChI is InChI=1S/C26H37N7/c1-19-8-9-20(2)23(18-19)31-14-16-32(17-15-31)24(21-10-12-22(13-11-21)30(6)7)25-27-28-29-33(25)26(3,4)5/h8-13,18,24H,14-17H2,1-7H3. The maximum Gasteiger partial charge on any atom is 0.173 e. The second kappa shape index (κ2) is 9.14. The van der Waals surface area contributed by atoms with Crippen molar-refractivity contribution in [3.63, 3.8) is 0 Å². The fourth-order valence-electron chi connectivity index (χ4n) is 4.60. The number of hydrogen-bond donors (Lipinski definition) is 0. The van der Waals surface area contributed by atoms with Gasteiger partial charge in [0, 0.05) is 51.6 Å². The van der Waals surface area contributed by atoms with Crippen molar-refractivity contribution in [1.82, 2.24) is 25.1 Å². The van der Waals surface area contributed by atoms with Gasteiger partial charge in [0.05, 0.1) is 11.6 Å². The summed E-state index contributed by atoms with van der Waals surface area (Å²) in [4.78, 5) is 7.17. The maximum absolute atomic E-state index is 4.53. The lowest BCUT2D eigenvalue weighted by Gasteiger charge is -2.41. The van der Waals surface area contributed by atoms with E-state index in [2.05, 4.69) is 121 Å². The summed E-state index contributed by atoms with van der Waals surface area (Å²) < 4.78 is 1.98. The third-order valence-corrected chi connectivity index (χ3v) is 6.48. The van der Waals surface area contributed by atoms with E-state index in [-0.39, 0.29) is 11.6 Å². The molecule has 1 saturated heterocycles. The molecule has 4 rings (SSSR count). The Labute approximate surface area is 198 Å². The van der Waals surface area contributed by atoms with Gasteiger partial charge < -0.3 is 9.80 Å². The van der Waals surface area contributed by atoms with Crippen LogP contribution in [0, 0.1) is 13.8 Å². The van der Waals surface area contributed by atoms with Crippen molar-refractivity contribution in [1.29, 1.82) is 0 Å². The van der Waals surface area contributed by atoms with E-state index in [1.54, 1.807) is 0 Å². The Morgan fingerprint density at radius 3 is 2.18 bits per heavy atom. The van der Waals surface area contributed by atoms with Gasteiger partial charge in [-0.05, 0) is 79.9 Å². The summed E-state index contributed by atoms with van der Waals surface area (Å²) in [5, 5.41) is 13.0. The minimum atomic E-state index is -0.193. The molecule has 0 spiro atoms. The van der Waals surface area contributed by atoms with Gasteiger partial charge in [-0.15, -0.1) is 5.10 Å². The molecular weight excluding hydrogens is 410 g/mol. The van der Waals surface area contributed by atoms with Gasteiger partial charge in [0.15, 0.2) is 5.82 Å². The van der Waals surface area contributed by atoms with Gasteiger partial charge in [0.25, 0.3) is 0 Å². The molecule has 1 aliphatic rings. The minimum absolute atomic E-state index is 0.0104. The number of hydrogen-bond acceptors (Lipinski definition) is 6. The molecule has 176 valence electrons. The van der Waals surface area contributed by atoms with Gasteiger partial charge in [-0.25, -0.2) is 4.68 Å². The highest BCUT2D eigenvalue weighted by molar-refractivity contribution is 5.55. The van der Waals surface area contributed by atoms with Crippen LogP contribution in [-0.4, -0.2) is 65.4 Å². The summed E-state index contributed by atoms with van der Waals surface area (Å²) in [5.41, 5.74) is 6.21. The second-order valence-corrected chi connectivity index (χ2v) is 10.3. The topological polar surface area (TPSA) is 53.3 Å². The number of nitrogens with zero attached hydrogens (tertiary/aromatic N) is 7. The molecule has 2 aromatic carbocycles. The zero-order valence-electron chi connectivity index (χ0n) is 21.1. The van der Waals surface area contributed by atoms with Gasteiger partial charge in [-0.1, -0.05) is 24.3 Å². The molecule has 7 nitrogen and oxygen atoms in total. The Morgan fingerprint density at radius 2 is 1.58 bits per heavy atom. The Morgan fingerprint density at radius 1 is 0.909 bits per heavy atom. The van der Waals surface area contributed by atoms with E-state index in [0.717, 1.165) is 32.0 Å². The predicted molar refractivity (Wildman–Crippen MR) is 135 cm³/mol. The Kier molecular flexibility index (Phi) is 6.43. The maximum atomic E-state index is 4.53. The number of rotatable bonds is 5. The molecule has 0 aliphatic carbocycles. The largest absolute Gasteiger partial charge is 0.378 e. The summed E-state index contributed by atoms with van der Waals surface area (Å²) in [7, 11) is 4.14. The zero-order valence-corrected chi connectivity index (χ0v) is 21.1. The van der Waals surface area contributed by atoms with Crippen LogP contribution in [0.15, 0.2) is 42.5 Å². The van der Waals surface area contributed by atoms with Crippen molar-refractivity contribution in [2.75, 3.05) is 50.1 Å². The van der Waals surface area contributed by atoms with Crippen molar-refractivity contribution in [2.24, 2.45) is 0 Å². The molecule has 1 atom stereocenters. The zero-order chi connectivity index (χ0) is 23.8. The Bertz CT molecular complexity index is 1070. The second-order valence-electron chi connectivity index (χ2n) is 10.3. The number of anilines is 2. The molecule has 1 aromatic heterocycles. The summed E-state index contributed by atoms with van der Waals surface area (Å²) >= 11 is 0. The number of piperazine rings is 1. The molecule has 3 aromatic rings. The molecule has 1 unspecified atom stereocenters. The number of benzene rings is 2. The fourth-order valence-corrected chi connectivity index (χ4v) is 4.60. The third kappa shape index (κ3) is 4.88. The average molecular weight is 448 g/mol. The van der Waals surface area contributed by atoms with E-state index in [9.17, 15) is 0 Å². The van der Waals surface area contributed by atoms with Gasteiger partial charge in [-0.2, -0.15) is 0 Å². The normalized spacial score (nSPS) is 16.2. The molecule has 0 bridgehead atoms. The minimum Gasteiger partial charge on any atom is -0.378 e. The van der Waals surface area contributed by atoms with Gasteiger partial charge >= 0.3 is 0 Å². The Hall–Kier alpha value is -2.93. The van der Waals surface area contributed by atoms with Crippen LogP contribution in [0.4, 0.5) is 11.4 Å². The molecular formula is C26H37N7.